The molecule has 1 aliphatic rings. The van der Waals surface area contributed by atoms with Gasteiger partial charge < -0.3 is 10.1 Å². The van der Waals surface area contributed by atoms with E-state index in [1.807, 2.05) is 13.8 Å². The van der Waals surface area contributed by atoms with E-state index in [-0.39, 0.29) is 11.5 Å². The number of esters is 1. The minimum Gasteiger partial charge on any atom is -0.452 e. The summed E-state index contributed by atoms with van der Waals surface area (Å²) in [6.45, 7) is 5.12. The van der Waals surface area contributed by atoms with E-state index in [2.05, 4.69) is 11.4 Å². The zero-order valence-corrected chi connectivity index (χ0v) is 17.3. The highest BCUT2D eigenvalue weighted by Gasteiger charge is 2.30. The van der Waals surface area contributed by atoms with Crippen LogP contribution in [-0.4, -0.2) is 45.2 Å². The Labute approximate surface area is 165 Å². The first-order valence-corrected chi connectivity index (χ1v) is 10.8. The number of carbonyl (C=O) groups is 2. The molecule has 2 rings (SSSR count). The number of ether oxygens (including phenoxy) is 1. The first kappa shape index (κ1) is 21.7. The van der Waals surface area contributed by atoms with Crippen molar-refractivity contribution in [2.24, 2.45) is 5.92 Å². The summed E-state index contributed by atoms with van der Waals surface area (Å²) < 4.78 is 30.2. The molecule has 1 aromatic carbocycles. The van der Waals surface area contributed by atoms with Crippen LogP contribution in [0.2, 0.25) is 0 Å². The highest BCUT2D eigenvalue weighted by Crippen LogP contribution is 2.30. The first-order valence-electron chi connectivity index (χ1n) is 8.98. The van der Waals surface area contributed by atoms with Crippen LogP contribution in [0.25, 0.3) is 0 Å². The first-order chi connectivity index (χ1) is 13.0. The van der Waals surface area contributed by atoms with Gasteiger partial charge in [-0.15, -0.1) is 0 Å². The predicted molar refractivity (Wildman–Crippen MR) is 104 cm³/mol. The molecule has 0 aliphatic carbocycles. The second-order valence-electron chi connectivity index (χ2n) is 7.38. The SMILES string of the molecule is CC(C)[C@](C)(C#N)NC(=O)COC(=O)c1ccc2c(c1)CCCN2S(C)(=O)=O. The lowest BCUT2D eigenvalue weighted by atomic mass is 9.90. The van der Waals surface area contributed by atoms with Gasteiger partial charge in [-0.2, -0.15) is 5.26 Å². The normalized spacial score (nSPS) is 15.9. The summed E-state index contributed by atoms with van der Waals surface area (Å²) in [5.74, 6) is -1.36. The van der Waals surface area contributed by atoms with E-state index in [1.54, 1.807) is 19.1 Å². The van der Waals surface area contributed by atoms with Gasteiger partial charge in [0.05, 0.1) is 23.6 Å². The van der Waals surface area contributed by atoms with Gasteiger partial charge >= 0.3 is 5.97 Å². The number of fused-ring (bicyclic) bond motifs is 1. The fourth-order valence-electron chi connectivity index (χ4n) is 2.88. The van der Waals surface area contributed by atoms with Gasteiger partial charge in [-0.3, -0.25) is 9.10 Å². The number of rotatable bonds is 6. The van der Waals surface area contributed by atoms with Gasteiger partial charge in [0.25, 0.3) is 5.91 Å². The van der Waals surface area contributed by atoms with Crippen LogP contribution in [0.1, 0.15) is 43.1 Å². The Morgan fingerprint density at radius 2 is 2.07 bits per heavy atom. The van der Waals surface area contributed by atoms with E-state index in [4.69, 9.17) is 4.74 Å². The second-order valence-corrected chi connectivity index (χ2v) is 9.28. The van der Waals surface area contributed by atoms with Crippen molar-refractivity contribution in [3.05, 3.63) is 29.3 Å². The van der Waals surface area contributed by atoms with Crippen molar-refractivity contribution in [1.82, 2.24) is 5.32 Å². The molecule has 28 heavy (non-hydrogen) atoms. The topological polar surface area (TPSA) is 117 Å². The molecule has 0 unspecified atom stereocenters. The summed E-state index contributed by atoms with van der Waals surface area (Å²) in [5, 5.41) is 11.8. The minimum absolute atomic E-state index is 0.115. The Morgan fingerprint density at radius 1 is 1.39 bits per heavy atom. The third-order valence-electron chi connectivity index (χ3n) is 4.91. The summed E-state index contributed by atoms with van der Waals surface area (Å²) >= 11 is 0. The number of nitrogens with zero attached hydrogens (tertiary/aromatic N) is 2. The molecule has 9 heteroatoms. The van der Waals surface area contributed by atoms with E-state index in [0.29, 0.717) is 25.1 Å². The van der Waals surface area contributed by atoms with E-state index < -0.39 is 34.0 Å². The summed E-state index contributed by atoms with van der Waals surface area (Å²) in [7, 11) is -3.38. The average molecular weight is 407 g/mol. The maximum atomic E-state index is 12.3. The number of amides is 1. The average Bonchev–Trinajstić information content (AvgIpc) is 2.64. The lowest BCUT2D eigenvalue weighted by molar-refractivity contribution is -0.125. The molecule has 1 heterocycles. The lowest BCUT2D eigenvalue weighted by Crippen LogP contribution is -2.50. The van der Waals surface area contributed by atoms with Crippen molar-refractivity contribution in [2.75, 3.05) is 23.7 Å². The van der Waals surface area contributed by atoms with Gasteiger partial charge in [0.1, 0.15) is 5.54 Å². The molecule has 0 fully saturated rings. The maximum absolute atomic E-state index is 12.3. The predicted octanol–water partition coefficient (Wildman–Crippen LogP) is 1.61. The highest BCUT2D eigenvalue weighted by atomic mass is 32.2. The molecule has 1 N–H and O–H groups in total. The van der Waals surface area contributed by atoms with E-state index in [9.17, 15) is 23.3 Å². The van der Waals surface area contributed by atoms with Crippen LogP contribution in [0.5, 0.6) is 0 Å². The largest absolute Gasteiger partial charge is 0.452 e. The zero-order chi connectivity index (χ0) is 21.1. The second kappa shape index (κ2) is 8.19. The van der Waals surface area contributed by atoms with E-state index in [0.717, 1.165) is 11.8 Å². The van der Waals surface area contributed by atoms with Crippen molar-refractivity contribution in [3.63, 3.8) is 0 Å². The van der Waals surface area contributed by atoms with Crippen molar-refractivity contribution < 1.29 is 22.7 Å². The van der Waals surface area contributed by atoms with Gasteiger partial charge in [-0.1, -0.05) is 13.8 Å². The number of anilines is 1. The summed E-state index contributed by atoms with van der Waals surface area (Å²) in [6.07, 6.45) is 2.45. The standard InChI is InChI=1S/C19H25N3O5S/c1-13(2)19(3,12-20)21-17(23)11-27-18(24)15-7-8-16-14(10-15)6-5-9-22(16)28(4,25)26/h7-8,10,13H,5-6,9,11H2,1-4H3,(H,21,23)/t19-/m0/s1. The number of aryl methyl sites for hydroxylation is 1. The molecule has 0 saturated heterocycles. The minimum atomic E-state index is -3.38. The smallest absolute Gasteiger partial charge is 0.338 e. The van der Waals surface area contributed by atoms with Gasteiger partial charge in [-0.05, 0) is 49.4 Å². The summed E-state index contributed by atoms with van der Waals surface area (Å²) in [6, 6.07) is 6.71. The lowest BCUT2D eigenvalue weighted by Gasteiger charge is -2.29. The summed E-state index contributed by atoms with van der Waals surface area (Å²) in [4.78, 5) is 24.3. The fourth-order valence-corrected chi connectivity index (χ4v) is 3.87. The number of carbonyl (C=O) groups excluding carboxylic acids is 2. The van der Waals surface area contributed by atoms with Gasteiger partial charge in [0, 0.05) is 6.54 Å². The van der Waals surface area contributed by atoms with Crippen LogP contribution in [-0.2, 0) is 26.0 Å². The Balaban J connectivity index is 2.06. The van der Waals surface area contributed by atoms with E-state index >= 15 is 0 Å². The van der Waals surface area contributed by atoms with Crippen molar-refractivity contribution >= 4 is 27.6 Å². The van der Waals surface area contributed by atoms with Gasteiger partial charge in [0.2, 0.25) is 10.0 Å². The molecule has 0 spiro atoms. The molecule has 8 nitrogen and oxygen atoms in total. The van der Waals surface area contributed by atoms with Crippen LogP contribution in [0.15, 0.2) is 18.2 Å². The molecule has 1 atom stereocenters. The Hall–Kier alpha value is -2.60. The number of nitriles is 1. The Morgan fingerprint density at radius 3 is 2.64 bits per heavy atom. The number of sulfonamides is 1. The zero-order valence-electron chi connectivity index (χ0n) is 16.5. The molecule has 152 valence electrons. The molecule has 0 radical (unpaired) electrons. The monoisotopic (exact) mass is 407 g/mol. The third-order valence-corrected chi connectivity index (χ3v) is 6.09. The molecule has 1 aromatic rings. The number of hydrogen-bond acceptors (Lipinski definition) is 6. The highest BCUT2D eigenvalue weighted by molar-refractivity contribution is 7.92. The van der Waals surface area contributed by atoms with Crippen LogP contribution in [0, 0.1) is 17.2 Å². The molecule has 0 bridgehead atoms. The van der Waals surface area contributed by atoms with Crippen molar-refractivity contribution in [3.8, 4) is 6.07 Å². The molecule has 0 saturated carbocycles. The quantitative estimate of drug-likeness (QED) is 0.716. The number of nitrogens with one attached hydrogen (secondary N) is 1. The maximum Gasteiger partial charge on any atom is 0.338 e. The van der Waals surface area contributed by atoms with Gasteiger partial charge in [0.15, 0.2) is 6.61 Å². The fraction of sp³-hybridized carbons (Fsp3) is 0.526. The Bertz CT molecular complexity index is 920. The Kier molecular flexibility index (Phi) is 6.34. The molecular formula is C19H25N3O5S. The number of benzene rings is 1. The van der Waals surface area contributed by atoms with Crippen LogP contribution < -0.4 is 9.62 Å². The molecular weight excluding hydrogens is 382 g/mol. The molecule has 1 aliphatic heterocycles. The summed E-state index contributed by atoms with van der Waals surface area (Å²) in [5.41, 5.74) is 0.496. The van der Waals surface area contributed by atoms with Crippen molar-refractivity contribution in [2.45, 2.75) is 39.2 Å². The number of hydrogen-bond donors (Lipinski definition) is 1. The van der Waals surface area contributed by atoms with Crippen LogP contribution >= 0.6 is 0 Å². The third kappa shape index (κ3) is 4.81. The van der Waals surface area contributed by atoms with Crippen molar-refractivity contribution in [1.29, 1.82) is 5.26 Å². The van der Waals surface area contributed by atoms with Gasteiger partial charge in [-0.25, -0.2) is 13.2 Å². The van der Waals surface area contributed by atoms with E-state index in [1.165, 1.54) is 10.4 Å². The van der Waals surface area contributed by atoms with Crippen LogP contribution in [0.4, 0.5) is 5.69 Å². The molecule has 0 aromatic heterocycles. The molecule has 1 amide bonds. The van der Waals surface area contributed by atoms with Crippen LogP contribution in [0.3, 0.4) is 0 Å².